The van der Waals surface area contributed by atoms with Gasteiger partial charge in [0.25, 0.3) is 0 Å². The number of esters is 4. The maximum atomic E-state index is 12.1. The number of nitrogens with zero attached hydrogens (tertiary/aromatic N) is 3. The molecule has 0 aliphatic carbocycles. The third-order valence-corrected chi connectivity index (χ3v) is 4.39. The van der Waals surface area contributed by atoms with E-state index >= 15 is 0 Å². The molecular formula is C20H28N4O12. The molecule has 1 unspecified atom stereocenters. The summed E-state index contributed by atoms with van der Waals surface area (Å²) in [5, 5.41) is 5.77. The standard InChI is InChI=1S/C20H28N4O12/c1-6-7-31-20(29)22-13(18(28)30-5)8-33-19-15(23-24-21)17(35-12(4)27)16(34-11(3)26)14(36-19)9-32-10(2)25/h6,13-17,19H,1,7-9H2,2-5H3,(H,22,29)/t13-,14+,15+,16-,17+,19?/m0/s1. The Morgan fingerprint density at radius 1 is 1.08 bits per heavy atom. The smallest absolute Gasteiger partial charge is 0.408 e. The molecule has 200 valence electrons. The van der Waals surface area contributed by atoms with Crippen molar-refractivity contribution < 1.29 is 57.1 Å². The summed E-state index contributed by atoms with van der Waals surface area (Å²) in [5.74, 6) is -3.21. The zero-order valence-electron chi connectivity index (χ0n) is 20.1. The van der Waals surface area contributed by atoms with Crippen molar-refractivity contribution in [3.8, 4) is 0 Å². The Hall–Kier alpha value is -3.88. The normalized spacial score (nSPS) is 23.6. The summed E-state index contributed by atoms with van der Waals surface area (Å²) >= 11 is 0. The van der Waals surface area contributed by atoms with E-state index in [1.165, 1.54) is 6.08 Å². The van der Waals surface area contributed by atoms with Crippen LogP contribution < -0.4 is 5.32 Å². The van der Waals surface area contributed by atoms with Crippen LogP contribution in [0.1, 0.15) is 20.8 Å². The van der Waals surface area contributed by atoms with E-state index < -0.39 is 79.9 Å². The Labute approximate surface area is 205 Å². The van der Waals surface area contributed by atoms with E-state index in [1.54, 1.807) is 0 Å². The average Bonchev–Trinajstić information content (AvgIpc) is 2.81. The number of carbonyl (C=O) groups is 5. The molecule has 16 nitrogen and oxygen atoms in total. The highest BCUT2D eigenvalue weighted by Crippen LogP contribution is 2.30. The van der Waals surface area contributed by atoms with Crippen LogP contribution in [0.3, 0.4) is 0 Å². The molecule has 1 N–H and O–H groups in total. The second-order valence-electron chi connectivity index (χ2n) is 7.13. The fraction of sp³-hybridized carbons (Fsp3) is 0.650. The van der Waals surface area contributed by atoms with Gasteiger partial charge in [0.05, 0.1) is 13.7 Å². The zero-order valence-corrected chi connectivity index (χ0v) is 20.1. The third kappa shape index (κ3) is 9.77. The number of azide groups is 1. The maximum absolute atomic E-state index is 12.1. The fourth-order valence-electron chi connectivity index (χ4n) is 3.03. The number of methoxy groups -OCH3 is 1. The van der Waals surface area contributed by atoms with E-state index in [4.69, 9.17) is 34.0 Å². The van der Waals surface area contributed by atoms with Gasteiger partial charge in [0.1, 0.15) is 25.4 Å². The highest BCUT2D eigenvalue weighted by Gasteiger charge is 2.51. The molecule has 36 heavy (non-hydrogen) atoms. The van der Waals surface area contributed by atoms with Crippen molar-refractivity contribution in [2.24, 2.45) is 5.11 Å². The van der Waals surface area contributed by atoms with E-state index in [-0.39, 0.29) is 6.61 Å². The van der Waals surface area contributed by atoms with Gasteiger partial charge in [-0.05, 0) is 5.53 Å². The number of rotatable bonds is 12. The summed E-state index contributed by atoms with van der Waals surface area (Å²) in [6.45, 7) is 5.50. The summed E-state index contributed by atoms with van der Waals surface area (Å²) in [5.41, 5.74) is 9.08. The van der Waals surface area contributed by atoms with Gasteiger partial charge in [-0.1, -0.05) is 17.8 Å². The highest BCUT2D eigenvalue weighted by molar-refractivity contribution is 5.81. The van der Waals surface area contributed by atoms with E-state index in [9.17, 15) is 24.0 Å². The molecule has 0 aromatic carbocycles. The van der Waals surface area contributed by atoms with Crippen molar-refractivity contribution in [3.63, 3.8) is 0 Å². The first-order valence-corrected chi connectivity index (χ1v) is 10.4. The lowest BCUT2D eigenvalue weighted by Gasteiger charge is -2.43. The van der Waals surface area contributed by atoms with Gasteiger partial charge in [0.15, 0.2) is 24.5 Å². The number of carbonyl (C=O) groups excluding carboxylic acids is 5. The first-order valence-electron chi connectivity index (χ1n) is 10.4. The van der Waals surface area contributed by atoms with Gasteiger partial charge in [0, 0.05) is 25.7 Å². The SMILES string of the molecule is C=CCOC(=O)N[C@@H](COC1O[C@H](COC(C)=O)[C@H](OC(C)=O)[C@H](OC(C)=O)[C@H]1N=[N+]=[N-])C(=O)OC. The Bertz CT molecular complexity index is 875. The molecule has 0 spiro atoms. The fourth-order valence-corrected chi connectivity index (χ4v) is 3.03. The van der Waals surface area contributed by atoms with Crippen molar-refractivity contribution in [2.45, 2.75) is 57.5 Å². The van der Waals surface area contributed by atoms with Crippen LogP contribution in [-0.2, 0) is 52.3 Å². The molecule has 0 bridgehead atoms. The summed E-state index contributed by atoms with van der Waals surface area (Å²) in [6, 6.07) is -2.82. The van der Waals surface area contributed by atoms with Gasteiger partial charge in [-0.2, -0.15) is 0 Å². The summed E-state index contributed by atoms with van der Waals surface area (Å²) in [7, 11) is 1.07. The molecule has 0 aromatic rings. The minimum absolute atomic E-state index is 0.134. The molecule has 6 atom stereocenters. The molecule has 1 aliphatic rings. The molecule has 1 amide bonds. The topological polar surface area (TPSA) is 211 Å². The Balaban J connectivity index is 3.25. The van der Waals surface area contributed by atoms with Crippen molar-refractivity contribution >= 4 is 30.0 Å². The van der Waals surface area contributed by atoms with E-state index in [2.05, 4.69) is 26.7 Å². The first kappa shape index (κ1) is 30.2. The molecule has 1 heterocycles. The van der Waals surface area contributed by atoms with Crippen LogP contribution in [0, 0.1) is 0 Å². The lowest BCUT2D eigenvalue weighted by molar-refractivity contribution is -0.274. The molecule has 1 aliphatic heterocycles. The second-order valence-corrected chi connectivity index (χ2v) is 7.13. The minimum Gasteiger partial charge on any atom is -0.467 e. The van der Waals surface area contributed by atoms with Crippen LogP contribution in [0.5, 0.6) is 0 Å². The lowest BCUT2D eigenvalue weighted by atomic mass is 9.96. The van der Waals surface area contributed by atoms with Gasteiger partial charge in [-0.25, -0.2) is 9.59 Å². The zero-order chi connectivity index (χ0) is 27.3. The number of hydrogen-bond donors (Lipinski definition) is 1. The molecule has 0 aromatic heterocycles. The summed E-state index contributed by atoms with van der Waals surface area (Å²) in [6.07, 6.45) is -5.21. The second kappa shape index (κ2) is 15.2. The van der Waals surface area contributed by atoms with Crippen molar-refractivity contribution in [1.82, 2.24) is 5.32 Å². The van der Waals surface area contributed by atoms with Crippen LogP contribution in [-0.4, -0.2) is 93.6 Å². The quantitative estimate of drug-likeness (QED) is 0.0926. The number of hydrogen-bond acceptors (Lipinski definition) is 13. The molecule has 0 saturated carbocycles. The van der Waals surface area contributed by atoms with Gasteiger partial charge in [-0.15, -0.1) is 0 Å². The summed E-state index contributed by atoms with van der Waals surface area (Å²) < 4.78 is 36.1. The van der Waals surface area contributed by atoms with E-state index in [0.717, 1.165) is 27.9 Å². The largest absolute Gasteiger partial charge is 0.467 e. The Kier molecular flexibility index (Phi) is 12.7. The van der Waals surface area contributed by atoms with E-state index in [0.29, 0.717) is 0 Å². The molecule has 1 fully saturated rings. The number of amides is 1. The van der Waals surface area contributed by atoms with E-state index in [1.807, 2.05) is 0 Å². The molecule has 1 saturated heterocycles. The lowest BCUT2D eigenvalue weighted by Crippen LogP contribution is -2.61. The Morgan fingerprint density at radius 2 is 1.72 bits per heavy atom. The first-order chi connectivity index (χ1) is 17.0. The number of nitrogens with one attached hydrogen (secondary N) is 1. The Morgan fingerprint density at radius 3 is 2.25 bits per heavy atom. The van der Waals surface area contributed by atoms with Crippen LogP contribution in [0.25, 0.3) is 10.4 Å². The van der Waals surface area contributed by atoms with Crippen LogP contribution in [0.15, 0.2) is 17.8 Å². The molecular weight excluding hydrogens is 488 g/mol. The molecule has 16 heteroatoms. The molecule has 0 radical (unpaired) electrons. The molecule has 1 rings (SSSR count). The van der Waals surface area contributed by atoms with Crippen molar-refractivity contribution in [3.05, 3.63) is 23.1 Å². The van der Waals surface area contributed by atoms with Crippen molar-refractivity contribution in [1.29, 1.82) is 0 Å². The maximum Gasteiger partial charge on any atom is 0.408 e. The minimum atomic E-state index is -1.52. The van der Waals surface area contributed by atoms with Crippen LogP contribution in [0.2, 0.25) is 0 Å². The van der Waals surface area contributed by atoms with Gasteiger partial charge in [0.2, 0.25) is 0 Å². The van der Waals surface area contributed by atoms with Gasteiger partial charge < -0.3 is 38.5 Å². The van der Waals surface area contributed by atoms with Gasteiger partial charge in [-0.3, -0.25) is 14.4 Å². The third-order valence-electron chi connectivity index (χ3n) is 4.39. The monoisotopic (exact) mass is 516 g/mol. The summed E-state index contributed by atoms with van der Waals surface area (Å²) in [4.78, 5) is 61.5. The highest BCUT2D eigenvalue weighted by atomic mass is 16.7. The predicted molar refractivity (Wildman–Crippen MR) is 116 cm³/mol. The van der Waals surface area contributed by atoms with Crippen LogP contribution in [0.4, 0.5) is 4.79 Å². The predicted octanol–water partition coefficient (Wildman–Crippen LogP) is 0.287. The number of alkyl carbamates (subject to hydrolysis) is 1. The van der Waals surface area contributed by atoms with Gasteiger partial charge >= 0.3 is 30.0 Å². The van der Waals surface area contributed by atoms with Crippen LogP contribution >= 0.6 is 0 Å². The van der Waals surface area contributed by atoms with Crippen molar-refractivity contribution in [2.75, 3.05) is 26.9 Å². The number of ether oxygens (including phenoxy) is 7. The average molecular weight is 516 g/mol.